The molecule has 0 bridgehead atoms. The highest BCUT2D eigenvalue weighted by atomic mass is 16.6. The van der Waals surface area contributed by atoms with Crippen LogP contribution in [0.5, 0.6) is 17.2 Å². The maximum Gasteiger partial charge on any atom is 0.271 e. The second-order valence-electron chi connectivity index (χ2n) is 8.28. The van der Waals surface area contributed by atoms with Crippen LogP contribution in [0.1, 0.15) is 52.4 Å². The van der Waals surface area contributed by atoms with Gasteiger partial charge in [0.15, 0.2) is 11.5 Å². The van der Waals surface area contributed by atoms with Gasteiger partial charge in [-0.25, -0.2) is 5.43 Å². The summed E-state index contributed by atoms with van der Waals surface area (Å²) in [5.74, 6) is 2.40. The molecule has 0 aromatic heterocycles. The molecule has 170 valence electrons. The minimum Gasteiger partial charge on any atom is -0.489 e. The smallest absolute Gasteiger partial charge is 0.271 e. The van der Waals surface area contributed by atoms with Gasteiger partial charge in [0.2, 0.25) is 0 Å². The largest absolute Gasteiger partial charge is 0.489 e. The van der Waals surface area contributed by atoms with E-state index in [9.17, 15) is 4.79 Å². The Labute approximate surface area is 194 Å². The van der Waals surface area contributed by atoms with Crippen LogP contribution in [-0.2, 0) is 6.61 Å². The standard InChI is InChI=1S/C27H28N2O4/c1-18(2)23-10-4-19(3)14-25(23)33-17-20-5-8-22(9-6-20)27(30)29-28-16-21-7-11-24-26(15-21)32-13-12-31-24/h4-11,14-16,18H,12-13,17H2,1-3H3,(H,29,30)/b28-16-. The number of fused-ring (bicyclic) bond motifs is 1. The first-order chi connectivity index (χ1) is 16.0. The molecule has 0 unspecified atom stereocenters. The molecule has 0 spiro atoms. The van der Waals surface area contributed by atoms with Gasteiger partial charge in [0.05, 0.1) is 6.21 Å². The van der Waals surface area contributed by atoms with Gasteiger partial charge < -0.3 is 14.2 Å². The summed E-state index contributed by atoms with van der Waals surface area (Å²) in [5, 5.41) is 4.05. The number of hydrogen-bond acceptors (Lipinski definition) is 5. The van der Waals surface area contributed by atoms with Gasteiger partial charge in [0, 0.05) is 5.56 Å². The number of nitrogens with zero attached hydrogens (tertiary/aromatic N) is 1. The van der Waals surface area contributed by atoms with Crippen molar-refractivity contribution in [3.63, 3.8) is 0 Å². The summed E-state index contributed by atoms with van der Waals surface area (Å²) in [5.41, 5.74) is 7.23. The Morgan fingerprint density at radius 2 is 1.79 bits per heavy atom. The van der Waals surface area contributed by atoms with Crippen molar-refractivity contribution in [2.24, 2.45) is 5.10 Å². The number of benzene rings is 3. The van der Waals surface area contributed by atoms with Gasteiger partial charge in [-0.15, -0.1) is 0 Å². The lowest BCUT2D eigenvalue weighted by atomic mass is 10.0. The molecule has 33 heavy (non-hydrogen) atoms. The third-order valence-electron chi connectivity index (χ3n) is 5.35. The van der Waals surface area contributed by atoms with Crippen LogP contribution < -0.4 is 19.6 Å². The van der Waals surface area contributed by atoms with Crippen molar-refractivity contribution in [2.45, 2.75) is 33.3 Å². The van der Waals surface area contributed by atoms with E-state index >= 15 is 0 Å². The van der Waals surface area contributed by atoms with Crippen LogP contribution in [-0.4, -0.2) is 25.3 Å². The third kappa shape index (κ3) is 5.71. The normalized spacial score (nSPS) is 12.7. The van der Waals surface area contributed by atoms with E-state index < -0.39 is 0 Å². The number of hydrazone groups is 1. The second-order valence-corrected chi connectivity index (χ2v) is 8.28. The van der Waals surface area contributed by atoms with E-state index in [1.807, 2.05) is 30.3 Å². The number of aryl methyl sites for hydroxylation is 1. The Bertz CT molecular complexity index is 1150. The summed E-state index contributed by atoms with van der Waals surface area (Å²) in [6, 6.07) is 19.1. The summed E-state index contributed by atoms with van der Waals surface area (Å²) in [4.78, 5) is 12.4. The average molecular weight is 445 g/mol. The Morgan fingerprint density at radius 1 is 1.03 bits per heavy atom. The van der Waals surface area contributed by atoms with E-state index in [2.05, 4.69) is 49.5 Å². The third-order valence-corrected chi connectivity index (χ3v) is 5.35. The van der Waals surface area contributed by atoms with Crippen molar-refractivity contribution in [2.75, 3.05) is 13.2 Å². The first kappa shape index (κ1) is 22.4. The maximum atomic E-state index is 12.4. The zero-order chi connectivity index (χ0) is 23.2. The Kier molecular flexibility index (Phi) is 6.93. The molecule has 1 N–H and O–H groups in total. The molecular formula is C27H28N2O4. The van der Waals surface area contributed by atoms with Gasteiger partial charge in [-0.2, -0.15) is 5.10 Å². The topological polar surface area (TPSA) is 69.2 Å². The monoisotopic (exact) mass is 444 g/mol. The molecular weight excluding hydrogens is 416 g/mol. The van der Waals surface area contributed by atoms with E-state index in [0.717, 1.165) is 16.9 Å². The number of nitrogens with one attached hydrogen (secondary N) is 1. The number of amides is 1. The van der Waals surface area contributed by atoms with E-state index in [0.29, 0.717) is 42.8 Å². The molecule has 1 amide bonds. The predicted molar refractivity (Wildman–Crippen MR) is 129 cm³/mol. The fourth-order valence-electron chi connectivity index (χ4n) is 3.53. The van der Waals surface area contributed by atoms with E-state index in [1.54, 1.807) is 18.3 Å². The minimum atomic E-state index is -0.281. The summed E-state index contributed by atoms with van der Waals surface area (Å²) >= 11 is 0. The number of rotatable bonds is 7. The summed E-state index contributed by atoms with van der Waals surface area (Å²) in [6.07, 6.45) is 1.58. The zero-order valence-corrected chi connectivity index (χ0v) is 19.1. The van der Waals surface area contributed by atoms with Crippen molar-refractivity contribution in [3.05, 3.63) is 88.5 Å². The second kappa shape index (κ2) is 10.2. The summed E-state index contributed by atoms with van der Waals surface area (Å²) < 4.78 is 17.1. The van der Waals surface area contributed by atoms with Gasteiger partial charge in [-0.3, -0.25) is 4.79 Å². The number of carbonyl (C=O) groups is 1. The molecule has 1 heterocycles. The lowest BCUT2D eigenvalue weighted by Gasteiger charge is -2.18. The molecule has 0 saturated carbocycles. The number of ether oxygens (including phenoxy) is 3. The van der Waals surface area contributed by atoms with Gasteiger partial charge in [0.1, 0.15) is 25.6 Å². The molecule has 1 aliphatic heterocycles. The van der Waals surface area contributed by atoms with E-state index in [1.165, 1.54) is 11.1 Å². The average Bonchev–Trinajstić information content (AvgIpc) is 2.82. The van der Waals surface area contributed by atoms with Crippen LogP contribution in [0.15, 0.2) is 65.8 Å². The first-order valence-electron chi connectivity index (χ1n) is 11.0. The highest BCUT2D eigenvalue weighted by Crippen LogP contribution is 2.30. The molecule has 0 atom stereocenters. The molecule has 6 heteroatoms. The van der Waals surface area contributed by atoms with Crippen LogP contribution in [0.4, 0.5) is 0 Å². The van der Waals surface area contributed by atoms with Crippen molar-refractivity contribution >= 4 is 12.1 Å². The van der Waals surface area contributed by atoms with Gasteiger partial charge >= 0.3 is 0 Å². The molecule has 0 aliphatic carbocycles. The Balaban J connectivity index is 1.33. The number of hydrogen-bond donors (Lipinski definition) is 1. The minimum absolute atomic E-state index is 0.281. The highest BCUT2D eigenvalue weighted by molar-refractivity contribution is 5.95. The quantitative estimate of drug-likeness (QED) is 0.400. The van der Waals surface area contributed by atoms with E-state index in [4.69, 9.17) is 14.2 Å². The van der Waals surface area contributed by atoms with Crippen LogP contribution in [0.2, 0.25) is 0 Å². The lowest BCUT2D eigenvalue weighted by molar-refractivity contribution is 0.0955. The van der Waals surface area contributed by atoms with Crippen molar-refractivity contribution < 1.29 is 19.0 Å². The SMILES string of the molecule is Cc1ccc(C(C)C)c(OCc2ccc(C(=O)N/N=C\c3ccc4c(c3)OCCO4)cc2)c1. The molecule has 6 nitrogen and oxygen atoms in total. The van der Waals surface area contributed by atoms with Crippen molar-refractivity contribution in [3.8, 4) is 17.2 Å². The predicted octanol–water partition coefficient (Wildman–Crippen LogP) is 5.23. The molecule has 3 aromatic rings. The summed E-state index contributed by atoms with van der Waals surface area (Å²) in [7, 11) is 0. The fraction of sp³-hybridized carbons (Fsp3) is 0.259. The highest BCUT2D eigenvalue weighted by Gasteiger charge is 2.11. The first-order valence-corrected chi connectivity index (χ1v) is 11.0. The molecule has 4 rings (SSSR count). The van der Waals surface area contributed by atoms with Crippen LogP contribution in [0.3, 0.4) is 0 Å². The van der Waals surface area contributed by atoms with Crippen LogP contribution in [0, 0.1) is 6.92 Å². The van der Waals surface area contributed by atoms with Crippen LogP contribution >= 0.6 is 0 Å². The molecule has 0 saturated heterocycles. The van der Waals surface area contributed by atoms with Gasteiger partial charge in [-0.05, 0) is 71.5 Å². The Morgan fingerprint density at radius 3 is 2.55 bits per heavy atom. The maximum absolute atomic E-state index is 12.4. The van der Waals surface area contributed by atoms with Gasteiger partial charge in [-0.1, -0.05) is 38.1 Å². The van der Waals surface area contributed by atoms with Crippen LogP contribution in [0.25, 0.3) is 0 Å². The molecule has 1 aliphatic rings. The Hall–Kier alpha value is -3.80. The molecule has 0 fully saturated rings. The van der Waals surface area contributed by atoms with Crippen molar-refractivity contribution in [1.29, 1.82) is 0 Å². The fourth-order valence-corrected chi connectivity index (χ4v) is 3.53. The van der Waals surface area contributed by atoms with Gasteiger partial charge in [0.25, 0.3) is 5.91 Å². The number of carbonyl (C=O) groups excluding carboxylic acids is 1. The zero-order valence-electron chi connectivity index (χ0n) is 19.1. The van der Waals surface area contributed by atoms with E-state index in [-0.39, 0.29) is 5.91 Å². The lowest BCUT2D eigenvalue weighted by Crippen LogP contribution is -2.18. The summed E-state index contributed by atoms with van der Waals surface area (Å²) in [6.45, 7) is 7.87. The van der Waals surface area contributed by atoms with Crippen molar-refractivity contribution in [1.82, 2.24) is 5.43 Å². The molecule has 3 aromatic carbocycles. The molecule has 0 radical (unpaired) electrons.